The molecule has 1 aromatic rings. The smallest absolute Gasteiger partial charge is 0.328 e. The van der Waals surface area contributed by atoms with Crippen LogP contribution in [-0.2, 0) is 14.3 Å². The van der Waals surface area contributed by atoms with Gasteiger partial charge in [0.05, 0.1) is 6.61 Å². The van der Waals surface area contributed by atoms with E-state index in [4.69, 9.17) is 4.74 Å². The zero-order valence-corrected chi connectivity index (χ0v) is 11.6. The molecule has 0 heterocycles. The fraction of sp³-hybridized carbons (Fsp3) is 0.467. The van der Waals surface area contributed by atoms with E-state index in [1.165, 1.54) is 6.07 Å². The van der Waals surface area contributed by atoms with Gasteiger partial charge < -0.3 is 10.1 Å². The summed E-state index contributed by atoms with van der Waals surface area (Å²) in [6.45, 7) is 3.57. The van der Waals surface area contributed by atoms with E-state index in [-0.39, 0.29) is 30.2 Å². The molecule has 0 saturated heterocycles. The summed E-state index contributed by atoms with van der Waals surface area (Å²) in [6, 6.07) is 5.79. The van der Waals surface area contributed by atoms with Crippen molar-refractivity contribution in [2.24, 2.45) is 5.92 Å². The van der Waals surface area contributed by atoms with Gasteiger partial charge in [-0.2, -0.15) is 0 Å². The van der Waals surface area contributed by atoms with Gasteiger partial charge in [0.15, 0.2) is 0 Å². The van der Waals surface area contributed by atoms with Gasteiger partial charge in [0.2, 0.25) is 5.91 Å². The van der Waals surface area contributed by atoms with Crippen molar-refractivity contribution in [2.45, 2.75) is 32.2 Å². The molecule has 2 rings (SSSR count). The molecule has 1 aliphatic carbocycles. The maximum atomic E-state index is 13.6. The molecule has 1 saturated carbocycles. The lowest BCUT2D eigenvalue weighted by atomic mass is 10.1. The van der Waals surface area contributed by atoms with Crippen LogP contribution in [0.3, 0.4) is 0 Å². The lowest BCUT2D eigenvalue weighted by molar-refractivity contribution is -0.147. The molecule has 5 heteroatoms. The maximum absolute atomic E-state index is 13.6. The van der Waals surface area contributed by atoms with Gasteiger partial charge in [-0.25, -0.2) is 9.18 Å². The first-order valence-corrected chi connectivity index (χ1v) is 6.76. The fourth-order valence-electron chi connectivity index (χ4n) is 2.25. The molecule has 1 fully saturated rings. The zero-order valence-electron chi connectivity index (χ0n) is 11.6. The summed E-state index contributed by atoms with van der Waals surface area (Å²) in [7, 11) is 0. The molecule has 1 aromatic carbocycles. The number of halogens is 1. The fourth-order valence-corrected chi connectivity index (χ4v) is 2.25. The van der Waals surface area contributed by atoms with Gasteiger partial charge in [-0.3, -0.25) is 4.79 Å². The molecular weight excluding hydrogens is 261 g/mol. The maximum Gasteiger partial charge on any atom is 0.328 e. The summed E-state index contributed by atoms with van der Waals surface area (Å²) in [5, 5.41) is 2.61. The van der Waals surface area contributed by atoms with E-state index in [9.17, 15) is 14.0 Å². The van der Waals surface area contributed by atoms with Gasteiger partial charge in [0.25, 0.3) is 0 Å². The second kappa shape index (κ2) is 6.03. The van der Waals surface area contributed by atoms with Crippen molar-refractivity contribution in [3.63, 3.8) is 0 Å². The Balaban J connectivity index is 1.90. The summed E-state index contributed by atoms with van der Waals surface area (Å²) in [5.74, 6) is -1.32. The summed E-state index contributed by atoms with van der Waals surface area (Å²) < 4.78 is 18.4. The number of hydrogen-bond acceptors (Lipinski definition) is 3. The van der Waals surface area contributed by atoms with Gasteiger partial charge in [-0.15, -0.1) is 0 Å². The van der Waals surface area contributed by atoms with Crippen LogP contribution in [0.15, 0.2) is 24.3 Å². The monoisotopic (exact) mass is 279 g/mol. The Labute approximate surface area is 117 Å². The number of carbonyl (C=O) groups excluding carboxylic acids is 2. The Kier molecular flexibility index (Phi) is 4.37. The number of esters is 1. The predicted octanol–water partition coefficient (Wildman–Crippen LogP) is 2.00. The molecule has 1 amide bonds. The standard InChI is InChI=1S/C15H18FNO3/c1-3-20-15(19)9(2)17-14(18)12-8-11(12)10-6-4-5-7-13(10)16/h4-7,9,11-12H,3,8H2,1-2H3,(H,17,18). The zero-order chi connectivity index (χ0) is 14.7. The summed E-state index contributed by atoms with van der Waals surface area (Å²) >= 11 is 0. The average Bonchev–Trinajstić information content (AvgIpc) is 3.19. The van der Waals surface area contributed by atoms with Crippen LogP contribution >= 0.6 is 0 Å². The van der Waals surface area contributed by atoms with Crippen LogP contribution in [0.4, 0.5) is 4.39 Å². The van der Waals surface area contributed by atoms with Crippen molar-refractivity contribution >= 4 is 11.9 Å². The second-order valence-corrected chi connectivity index (χ2v) is 4.95. The van der Waals surface area contributed by atoms with Crippen molar-refractivity contribution in [1.82, 2.24) is 5.32 Å². The third-order valence-electron chi connectivity index (χ3n) is 3.43. The molecule has 3 unspecified atom stereocenters. The van der Waals surface area contributed by atoms with E-state index in [2.05, 4.69) is 5.32 Å². The minimum atomic E-state index is -0.677. The van der Waals surface area contributed by atoms with Crippen LogP contribution in [0.25, 0.3) is 0 Å². The molecule has 0 aliphatic heterocycles. The Morgan fingerprint density at radius 2 is 2.15 bits per heavy atom. The number of ether oxygens (including phenoxy) is 1. The van der Waals surface area contributed by atoms with Crippen LogP contribution in [-0.4, -0.2) is 24.5 Å². The molecule has 0 spiro atoms. The third-order valence-corrected chi connectivity index (χ3v) is 3.43. The normalized spacial score (nSPS) is 21.9. The highest BCUT2D eigenvalue weighted by Gasteiger charge is 2.45. The first-order chi connectivity index (χ1) is 9.54. The van der Waals surface area contributed by atoms with E-state index in [1.807, 2.05) is 0 Å². The minimum Gasteiger partial charge on any atom is -0.464 e. The first-order valence-electron chi connectivity index (χ1n) is 6.76. The molecular formula is C15H18FNO3. The first kappa shape index (κ1) is 14.5. The van der Waals surface area contributed by atoms with Crippen molar-refractivity contribution in [1.29, 1.82) is 0 Å². The minimum absolute atomic E-state index is 0.0920. The summed E-state index contributed by atoms with van der Waals surface area (Å²) in [6.07, 6.45) is 0.613. The lowest BCUT2D eigenvalue weighted by Crippen LogP contribution is -2.40. The number of rotatable bonds is 5. The van der Waals surface area contributed by atoms with E-state index in [0.717, 1.165) is 0 Å². The Hall–Kier alpha value is -1.91. The molecule has 0 radical (unpaired) electrons. The van der Waals surface area contributed by atoms with E-state index in [0.29, 0.717) is 12.0 Å². The third kappa shape index (κ3) is 3.15. The largest absolute Gasteiger partial charge is 0.464 e. The molecule has 0 aromatic heterocycles. The highest BCUT2D eigenvalue weighted by atomic mass is 19.1. The highest BCUT2D eigenvalue weighted by Crippen LogP contribution is 2.48. The quantitative estimate of drug-likeness (QED) is 0.839. The number of carbonyl (C=O) groups is 2. The van der Waals surface area contributed by atoms with E-state index in [1.54, 1.807) is 32.0 Å². The van der Waals surface area contributed by atoms with Gasteiger partial charge in [0, 0.05) is 5.92 Å². The van der Waals surface area contributed by atoms with E-state index < -0.39 is 12.0 Å². The van der Waals surface area contributed by atoms with Gasteiger partial charge in [-0.05, 0) is 37.8 Å². The number of nitrogens with one attached hydrogen (secondary N) is 1. The van der Waals surface area contributed by atoms with Crippen LogP contribution in [0, 0.1) is 11.7 Å². The van der Waals surface area contributed by atoms with Crippen molar-refractivity contribution in [3.05, 3.63) is 35.6 Å². The van der Waals surface area contributed by atoms with E-state index >= 15 is 0 Å². The SMILES string of the molecule is CCOC(=O)C(C)NC(=O)C1CC1c1ccccc1F. The van der Waals surface area contributed by atoms with Crippen molar-refractivity contribution in [3.8, 4) is 0 Å². The Bertz CT molecular complexity index is 518. The Morgan fingerprint density at radius 3 is 2.80 bits per heavy atom. The summed E-state index contributed by atoms with van der Waals surface area (Å²) in [5.41, 5.74) is 0.566. The second-order valence-electron chi connectivity index (χ2n) is 4.95. The number of hydrogen-bond donors (Lipinski definition) is 1. The predicted molar refractivity (Wildman–Crippen MR) is 71.5 cm³/mol. The number of benzene rings is 1. The number of amides is 1. The molecule has 108 valence electrons. The van der Waals surface area contributed by atoms with Crippen LogP contribution in [0.5, 0.6) is 0 Å². The molecule has 3 atom stereocenters. The van der Waals surface area contributed by atoms with Crippen molar-refractivity contribution in [2.75, 3.05) is 6.61 Å². The van der Waals surface area contributed by atoms with Gasteiger partial charge in [-0.1, -0.05) is 18.2 Å². The lowest BCUT2D eigenvalue weighted by Gasteiger charge is -2.12. The molecule has 0 bridgehead atoms. The molecule has 4 nitrogen and oxygen atoms in total. The van der Waals surface area contributed by atoms with Gasteiger partial charge in [0.1, 0.15) is 11.9 Å². The van der Waals surface area contributed by atoms with Crippen LogP contribution < -0.4 is 5.32 Å². The van der Waals surface area contributed by atoms with Crippen LogP contribution in [0.2, 0.25) is 0 Å². The average molecular weight is 279 g/mol. The summed E-state index contributed by atoms with van der Waals surface area (Å²) in [4.78, 5) is 23.4. The van der Waals surface area contributed by atoms with Crippen molar-refractivity contribution < 1.29 is 18.7 Å². The molecule has 1 N–H and O–H groups in total. The van der Waals surface area contributed by atoms with Crippen LogP contribution in [0.1, 0.15) is 31.7 Å². The topological polar surface area (TPSA) is 55.4 Å². The Morgan fingerprint density at radius 1 is 1.45 bits per heavy atom. The molecule has 1 aliphatic rings. The molecule has 20 heavy (non-hydrogen) atoms. The van der Waals surface area contributed by atoms with Gasteiger partial charge >= 0.3 is 5.97 Å². The highest BCUT2D eigenvalue weighted by molar-refractivity contribution is 5.87.